The lowest BCUT2D eigenvalue weighted by atomic mass is 9.77. The van der Waals surface area contributed by atoms with Gasteiger partial charge in [0.05, 0.1) is 28.2 Å². The Labute approximate surface area is 201 Å². The molecule has 8 nitrogen and oxygen atoms in total. The molecule has 1 amide bonds. The minimum atomic E-state index is -3.58. The largest absolute Gasteiger partial charge is 0.497 e. The van der Waals surface area contributed by atoms with Crippen LogP contribution in [0.5, 0.6) is 0 Å². The summed E-state index contributed by atoms with van der Waals surface area (Å²) in [4.78, 5) is 13.1. The number of carbonyl (C=O) groups is 1. The number of amides is 1. The number of hydrogen-bond acceptors (Lipinski definition) is 6. The van der Waals surface area contributed by atoms with Crippen molar-refractivity contribution in [1.82, 2.24) is 5.32 Å². The Morgan fingerprint density at radius 2 is 1.85 bits per heavy atom. The molecule has 2 aliphatic carbocycles. The van der Waals surface area contributed by atoms with Crippen LogP contribution in [0.4, 0.5) is 5.69 Å². The molecule has 1 aliphatic heterocycles. The molecule has 0 spiro atoms. The number of rotatable bonds is 6. The van der Waals surface area contributed by atoms with Gasteiger partial charge in [-0.15, -0.1) is 0 Å². The first-order valence-electron chi connectivity index (χ1n) is 12.0. The fraction of sp³-hybridized carbons (Fsp3) is 0.625. The van der Waals surface area contributed by atoms with Gasteiger partial charge in [0.25, 0.3) is 5.91 Å². The van der Waals surface area contributed by atoms with Crippen LogP contribution >= 0.6 is 0 Å². The van der Waals surface area contributed by atoms with Crippen LogP contribution in [0.25, 0.3) is 11.0 Å². The Morgan fingerprint density at radius 3 is 2.38 bits per heavy atom. The Hall–Kier alpha value is -2.04. The van der Waals surface area contributed by atoms with E-state index in [4.69, 9.17) is 13.7 Å². The van der Waals surface area contributed by atoms with Gasteiger partial charge in [-0.3, -0.25) is 9.52 Å². The SMILES string of the molecule is CCS(=O)(=O)Nc1cc2oc(C34CCCC3C4)c(C(=O)NC)c2cc1B1OC(C)(C)C(C)(C)O1. The molecule has 10 heteroatoms. The van der Waals surface area contributed by atoms with Gasteiger partial charge in [0.2, 0.25) is 10.0 Å². The highest BCUT2D eigenvalue weighted by molar-refractivity contribution is 7.92. The Balaban J connectivity index is 1.72. The molecule has 34 heavy (non-hydrogen) atoms. The van der Waals surface area contributed by atoms with Gasteiger partial charge in [0.15, 0.2) is 0 Å². The summed E-state index contributed by atoms with van der Waals surface area (Å²) in [6.45, 7) is 9.36. The van der Waals surface area contributed by atoms with Crippen molar-refractivity contribution in [3.63, 3.8) is 0 Å². The van der Waals surface area contributed by atoms with E-state index in [0.29, 0.717) is 33.6 Å². The van der Waals surface area contributed by atoms with E-state index >= 15 is 0 Å². The topological polar surface area (TPSA) is 107 Å². The molecule has 2 unspecified atom stereocenters. The van der Waals surface area contributed by atoms with Gasteiger partial charge in [0, 0.05) is 29.4 Å². The van der Waals surface area contributed by atoms with E-state index < -0.39 is 28.3 Å². The zero-order valence-corrected chi connectivity index (χ0v) is 21.5. The number of hydrogen-bond donors (Lipinski definition) is 2. The number of nitrogens with one attached hydrogen (secondary N) is 2. The summed E-state index contributed by atoms with van der Waals surface area (Å²) in [5.41, 5.74) is 0.573. The second kappa shape index (κ2) is 7.48. The molecule has 2 heterocycles. The van der Waals surface area contributed by atoms with E-state index in [1.165, 1.54) is 0 Å². The third-order valence-electron chi connectivity index (χ3n) is 8.33. The van der Waals surface area contributed by atoms with Crippen molar-refractivity contribution in [3.8, 4) is 0 Å². The van der Waals surface area contributed by atoms with Gasteiger partial charge in [-0.25, -0.2) is 8.42 Å². The van der Waals surface area contributed by atoms with Crippen molar-refractivity contribution < 1.29 is 26.9 Å². The molecule has 2 saturated carbocycles. The lowest BCUT2D eigenvalue weighted by molar-refractivity contribution is 0.00578. The van der Waals surface area contributed by atoms with Gasteiger partial charge >= 0.3 is 7.12 Å². The molecule has 3 fully saturated rings. The fourth-order valence-corrected chi connectivity index (χ4v) is 6.13. The van der Waals surface area contributed by atoms with Crippen molar-refractivity contribution in [2.45, 2.75) is 76.9 Å². The molecule has 1 saturated heterocycles. The van der Waals surface area contributed by atoms with Crippen molar-refractivity contribution in [3.05, 3.63) is 23.5 Å². The molecule has 5 rings (SSSR count). The molecule has 0 radical (unpaired) electrons. The normalized spacial score (nSPS) is 27.1. The summed E-state index contributed by atoms with van der Waals surface area (Å²) in [7, 11) is -2.77. The molecule has 0 bridgehead atoms. The van der Waals surface area contributed by atoms with Crippen LogP contribution in [0, 0.1) is 5.92 Å². The molecular formula is C24H33BN2O6S. The van der Waals surface area contributed by atoms with Crippen LogP contribution in [-0.4, -0.2) is 45.4 Å². The maximum Gasteiger partial charge on any atom is 0.497 e. The second-order valence-corrected chi connectivity index (χ2v) is 12.9. The first-order valence-corrected chi connectivity index (χ1v) is 13.7. The van der Waals surface area contributed by atoms with Crippen LogP contribution in [0.1, 0.15) is 76.4 Å². The average Bonchev–Trinajstić information content (AvgIpc) is 3.03. The first kappa shape index (κ1) is 23.7. The fourth-order valence-electron chi connectivity index (χ4n) is 5.47. The molecule has 1 aromatic carbocycles. The zero-order chi connectivity index (χ0) is 24.7. The van der Waals surface area contributed by atoms with Gasteiger partial charge in [0.1, 0.15) is 11.3 Å². The predicted molar refractivity (Wildman–Crippen MR) is 132 cm³/mol. The summed E-state index contributed by atoms with van der Waals surface area (Å²) < 4.78 is 46.6. The maximum absolute atomic E-state index is 13.1. The standard InChI is InChI=1S/C24H33BN2O6S/c1-7-34(29,30)27-17-12-18-15(11-16(17)25-32-22(2,3)23(4,5)33-25)19(21(28)26-6)20(31-18)24-10-8-9-14(24)13-24/h11-12,14,27H,7-10,13H2,1-6H3,(H,26,28). The van der Waals surface area contributed by atoms with E-state index in [9.17, 15) is 13.2 Å². The Morgan fingerprint density at radius 1 is 1.18 bits per heavy atom. The van der Waals surface area contributed by atoms with Gasteiger partial charge in [-0.05, 0) is 65.9 Å². The summed E-state index contributed by atoms with van der Waals surface area (Å²) in [5.74, 6) is 0.977. The first-order chi connectivity index (χ1) is 15.8. The highest BCUT2D eigenvalue weighted by atomic mass is 32.2. The third kappa shape index (κ3) is 3.48. The zero-order valence-electron chi connectivity index (χ0n) is 20.7. The molecule has 2 atom stereocenters. The smallest absolute Gasteiger partial charge is 0.460 e. The molecule has 3 aliphatic rings. The monoisotopic (exact) mass is 488 g/mol. The Bertz CT molecular complexity index is 1270. The maximum atomic E-state index is 13.1. The predicted octanol–water partition coefficient (Wildman–Crippen LogP) is 3.29. The van der Waals surface area contributed by atoms with Gasteiger partial charge < -0.3 is 19.0 Å². The van der Waals surface area contributed by atoms with E-state index in [0.717, 1.165) is 31.4 Å². The van der Waals surface area contributed by atoms with Crippen LogP contribution in [0.15, 0.2) is 16.5 Å². The lowest BCUT2D eigenvalue weighted by Gasteiger charge is -2.32. The molecule has 2 aromatic rings. The molecule has 2 N–H and O–H groups in total. The minimum Gasteiger partial charge on any atom is -0.460 e. The Kier molecular flexibility index (Phi) is 5.21. The molecule has 184 valence electrons. The van der Waals surface area contributed by atoms with Gasteiger partial charge in [-0.1, -0.05) is 6.42 Å². The quantitative estimate of drug-likeness (QED) is 0.605. The average molecular weight is 488 g/mol. The highest BCUT2D eigenvalue weighted by Crippen LogP contribution is 2.65. The second-order valence-electron chi connectivity index (χ2n) is 10.9. The van der Waals surface area contributed by atoms with Crippen LogP contribution in [0.3, 0.4) is 0 Å². The van der Waals surface area contributed by atoms with E-state index in [2.05, 4.69) is 10.0 Å². The lowest BCUT2D eigenvalue weighted by Crippen LogP contribution is -2.41. The van der Waals surface area contributed by atoms with Crippen molar-refractivity contribution in [1.29, 1.82) is 0 Å². The highest BCUT2D eigenvalue weighted by Gasteiger charge is 2.61. The molecular weight excluding hydrogens is 455 g/mol. The summed E-state index contributed by atoms with van der Waals surface area (Å²) in [6, 6.07) is 3.47. The van der Waals surface area contributed by atoms with Gasteiger partial charge in [-0.2, -0.15) is 0 Å². The van der Waals surface area contributed by atoms with Crippen LogP contribution in [-0.2, 0) is 24.7 Å². The number of carbonyl (C=O) groups excluding carboxylic acids is 1. The molecule has 1 aromatic heterocycles. The van der Waals surface area contributed by atoms with E-state index in [-0.39, 0.29) is 17.1 Å². The number of benzene rings is 1. The summed E-state index contributed by atoms with van der Waals surface area (Å²) in [5, 5.41) is 3.41. The van der Waals surface area contributed by atoms with Crippen molar-refractivity contribution >= 4 is 45.2 Å². The summed E-state index contributed by atoms with van der Waals surface area (Å²) in [6.07, 6.45) is 4.29. The number of anilines is 1. The number of furan rings is 1. The third-order valence-corrected chi connectivity index (χ3v) is 9.62. The van der Waals surface area contributed by atoms with Crippen LogP contribution < -0.4 is 15.5 Å². The van der Waals surface area contributed by atoms with Crippen molar-refractivity contribution in [2.24, 2.45) is 5.92 Å². The number of sulfonamides is 1. The minimum absolute atomic E-state index is 0.0778. The van der Waals surface area contributed by atoms with Crippen molar-refractivity contribution in [2.75, 3.05) is 17.5 Å². The summed E-state index contributed by atoms with van der Waals surface area (Å²) >= 11 is 0. The van der Waals surface area contributed by atoms with Crippen LogP contribution in [0.2, 0.25) is 0 Å². The number of fused-ring (bicyclic) bond motifs is 2. The van der Waals surface area contributed by atoms with E-state index in [1.807, 2.05) is 27.7 Å². The van der Waals surface area contributed by atoms with E-state index in [1.54, 1.807) is 26.1 Å².